The van der Waals surface area contributed by atoms with Crippen molar-refractivity contribution in [3.05, 3.63) is 5.82 Å². The first-order chi connectivity index (χ1) is 8.66. The third kappa shape index (κ3) is 3.40. The number of nitrogens with one attached hydrogen (secondary N) is 2. The Morgan fingerprint density at radius 3 is 2.83 bits per heavy atom. The fourth-order valence-corrected chi connectivity index (χ4v) is 1.57. The number of hydrogen-bond donors (Lipinski definition) is 3. The standard InChI is InChI=1S/C9H14N6O3/c16-8(17)3-4-15(6-1-2-6)9(18)10-5-7-11-13-14-12-7/h6H,1-5H2,(H,10,18)(H,16,17)(H,11,12,13,14). The summed E-state index contributed by atoms with van der Waals surface area (Å²) in [7, 11) is 0. The van der Waals surface area contributed by atoms with Gasteiger partial charge in [-0.25, -0.2) is 4.79 Å². The molecule has 0 aromatic carbocycles. The van der Waals surface area contributed by atoms with Crippen LogP contribution in [-0.2, 0) is 11.3 Å². The highest BCUT2D eigenvalue weighted by atomic mass is 16.4. The van der Waals surface area contributed by atoms with Gasteiger partial charge in [-0.05, 0) is 12.8 Å². The third-order valence-electron chi connectivity index (χ3n) is 2.60. The molecule has 1 aromatic heterocycles. The normalized spacial score (nSPS) is 14.2. The van der Waals surface area contributed by atoms with E-state index in [0.717, 1.165) is 12.8 Å². The van der Waals surface area contributed by atoms with E-state index in [1.165, 1.54) is 0 Å². The lowest BCUT2D eigenvalue weighted by molar-refractivity contribution is -0.137. The Bertz CT molecular complexity index is 416. The van der Waals surface area contributed by atoms with E-state index in [0.29, 0.717) is 5.82 Å². The molecule has 0 unspecified atom stereocenters. The van der Waals surface area contributed by atoms with Gasteiger partial charge in [0.25, 0.3) is 0 Å². The van der Waals surface area contributed by atoms with Crippen LogP contribution in [0.1, 0.15) is 25.1 Å². The minimum atomic E-state index is -0.911. The van der Waals surface area contributed by atoms with Crippen molar-refractivity contribution in [3.8, 4) is 0 Å². The Morgan fingerprint density at radius 1 is 1.50 bits per heavy atom. The molecule has 1 heterocycles. The first-order valence-electron chi connectivity index (χ1n) is 5.65. The summed E-state index contributed by atoms with van der Waals surface area (Å²) in [5.41, 5.74) is 0. The van der Waals surface area contributed by atoms with Crippen molar-refractivity contribution in [2.45, 2.75) is 31.8 Å². The molecule has 0 aliphatic heterocycles. The van der Waals surface area contributed by atoms with E-state index in [1.54, 1.807) is 4.90 Å². The summed E-state index contributed by atoms with van der Waals surface area (Å²) in [6, 6.07) is -0.127. The van der Waals surface area contributed by atoms with Gasteiger partial charge in [0.2, 0.25) is 0 Å². The Labute approximate surface area is 103 Å². The Morgan fingerprint density at radius 2 is 2.28 bits per heavy atom. The number of rotatable bonds is 6. The monoisotopic (exact) mass is 254 g/mol. The Hall–Kier alpha value is -2.19. The lowest BCUT2D eigenvalue weighted by Gasteiger charge is -2.21. The number of tetrazole rings is 1. The van der Waals surface area contributed by atoms with Crippen molar-refractivity contribution in [2.24, 2.45) is 0 Å². The van der Waals surface area contributed by atoms with Crippen LogP contribution in [0, 0.1) is 0 Å². The number of aromatic nitrogens is 4. The van der Waals surface area contributed by atoms with E-state index >= 15 is 0 Å². The lowest BCUT2D eigenvalue weighted by Crippen LogP contribution is -2.42. The van der Waals surface area contributed by atoms with Crippen molar-refractivity contribution in [1.82, 2.24) is 30.8 Å². The van der Waals surface area contributed by atoms with E-state index in [-0.39, 0.29) is 31.6 Å². The number of carboxylic acid groups (broad SMARTS) is 1. The van der Waals surface area contributed by atoms with Gasteiger partial charge in [-0.2, -0.15) is 5.21 Å². The van der Waals surface area contributed by atoms with Crippen LogP contribution in [0.5, 0.6) is 0 Å². The van der Waals surface area contributed by atoms with Gasteiger partial charge in [0.1, 0.15) is 0 Å². The average Bonchev–Trinajstić information content (AvgIpc) is 3.03. The molecule has 2 amide bonds. The molecule has 0 radical (unpaired) electrons. The van der Waals surface area contributed by atoms with Gasteiger partial charge in [0.05, 0.1) is 13.0 Å². The van der Waals surface area contributed by atoms with E-state index in [1.807, 2.05) is 0 Å². The molecule has 98 valence electrons. The minimum absolute atomic E-state index is 0.0495. The van der Waals surface area contributed by atoms with Crippen LogP contribution >= 0.6 is 0 Å². The van der Waals surface area contributed by atoms with Crippen LogP contribution in [-0.4, -0.2) is 55.2 Å². The van der Waals surface area contributed by atoms with Crippen molar-refractivity contribution < 1.29 is 14.7 Å². The van der Waals surface area contributed by atoms with Gasteiger partial charge in [-0.15, -0.1) is 10.2 Å². The minimum Gasteiger partial charge on any atom is -0.481 e. The Balaban J connectivity index is 1.81. The third-order valence-corrected chi connectivity index (χ3v) is 2.60. The molecule has 2 rings (SSSR count). The molecule has 0 atom stereocenters. The van der Waals surface area contributed by atoms with E-state index in [4.69, 9.17) is 5.11 Å². The summed E-state index contributed by atoms with van der Waals surface area (Å²) < 4.78 is 0. The molecule has 3 N–H and O–H groups in total. The van der Waals surface area contributed by atoms with Gasteiger partial charge in [0, 0.05) is 12.6 Å². The quantitative estimate of drug-likeness (QED) is 0.619. The van der Waals surface area contributed by atoms with Crippen molar-refractivity contribution in [2.75, 3.05) is 6.54 Å². The highest BCUT2D eigenvalue weighted by Crippen LogP contribution is 2.26. The van der Waals surface area contributed by atoms with Crippen LogP contribution in [0.15, 0.2) is 0 Å². The van der Waals surface area contributed by atoms with Gasteiger partial charge in [-0.3, -0.25) is 4.79 Å². The van der Waals surface area contributed by atoms with E-state index in [9.17, 15) is 9.59 Å². The molecule has 1 fully saturated rings. The molecule has 0 bridgehead atoms. The summed E-state index contributed by atoms with van der Waals surface area (Å²) in [5.74, 6) is -0.524. The number of nitrogens with zero attached hydrogens (tertiary/aromatic N) is 4. The maximum atomic E-state index is 11.9. The summed E-state index contributed by atoms with van der Waals surface area (Å²) >= 11 is 0. The first-order valence-corrected chi connectivity index (χ1v) is 5.65. The molecular formula is C9H14N6O3. The number of aliphatic carboxylic acids is 1. The highest BCUT2D eigenvalue weighted by Gasteiger charge is 2.32. The second-order valence-electron chi connectivity index (χ2n) is 4.06. The smallest absolute Gasteiger partial charge is 0.318 e. The van der Waals surface area contributed by atoms with Crippen LogP contribution in [0.3, 0.4) is 0 Å². The number of aromatic amines is 1. The molecule has 9 nitrogen and oxygen atoms in total. The Kier molecular flexibility index (Phi) is 3.70. The zero-order valence-corrected chi connectivity index (χ0v) is 9.67. The number of urea groups is 1. The van der Waals surface area contributed by atoms with Gasteiger partial charge in [0.15, 0.2) is 5.82 Å². The maximum absolute atomic E-state index is 11.9. The number of H-pyrrole nitrogens is 1. The summed E-state index contributed by atoms with van der Waals surface area (Å²) in [5, 5.41) is 24.3. The van der Waals surface area contributed by atoms with Gasteiger partial charge in [-0.1, -0.05) is 5.21 Å². The number of carboxylic acids is 1. The van der Waals surface area contributed by atoms with Crippen LogP contribution in [0.25, 0.3) is 0 Å². The lowest BCUT2D eigenvalue weighted by atomic mass is 10.4. The molecule has 18 heavy (non-hydrogen) atoms. The summed E-state index contributed by atoms with van der Waals surface area (Å²) in [6.45, 7) is 0.393. The number of hydrogen-bond acceptors (Lipinski definition) is 5. The molecule has 1 aliphatic rings. The first kappa shape index (κ1) is 12.3. The topological polar surface area (TPSA) is 124 Å². The molecule has 0 spiro atoms. The van der Waals surface area contributed by atoms with Crippen LogP contribution < -0.4 is 5.32 Å². The van der Waals surface area contributed by atoms with Crippen LogP contribution in [0.2, 0.25) is 0 Å². The second kappa shape index (κ2) is 5.43. The molecule has 1 saturated carbocycles. The van der Waals surface area contributed by atoms with Crippen molar-refractivity contribution >= 4 is 12.0 Å². The predicted molar refractivity (Wildman–Crippen MR) is 58.4 cm³/mol. The maximum Gasteiger partial charge on any atom is 0.318 e. The fraction of sp³-hybridized carbons (Fsp3) is 0.667. The SMILES string of the molecule is O=C(O)CCN(C(=O)NCc1nn[nH]n1)C1CC1. The van der Waals surface area contributed by atoms with Gasteiger partial charge < -0.3 is 15.3 Å². The summed E-state index contributed by atoms with van der Waals surface area (Å²) in [4.78, 5) is 23.9. The van der Waals surface area contributed by atoms with E-state index in [2.05, 4.69) is 25.9 Å². The number of carbonyl (C=O) groups excluding carboxylic acids is 1. The molecule has 0 saturated heterocycles. The molecular weight excluding hydrogens is 240 g/mol. The summed E-state index contributed by atoms with van der Waals surface area (Å²) in [6.07, 6.45) is 1.80. The van der Waals surface area contributed by atoms with Crippen molar-refractivity contribution in [3.63, 3.8) is 0 Å². The fourth-order valence-electron chi connectivity index (χ4n) is 1.57. The zero-order valence-electron chi connectivity index (χ0n) is 9.67. The van der Waals surface area contributed by atoms with Crippen LogP contribution in [0.4, 0.5) is 4.79 Å². The number of amides is 2. The largest absolute Gasteiger partial charge is 0.481 e. The van der Waals surface area contributed by atoms with E-state index < -0.39 is 5.97 Å². The molecule has 9 heteroatoms. The highest BCUT2D eigenvalue weighted by molar-refractivity contribution is 5.75. The van der Waals surface area contributed by atoms with Crippen molar-refractivity contribution in [1.29, 1.82) is 0 Å². The molecule has 1 aromatic rings. The zero-order chi connectivity index (χ0) is 13.0. The predicted octanol–water partition coefficient (Wildman–Crippen LogP) is -0.652. The second-order valence-corrected chi connectivity index (χ2v) is 4.06. The average molecular weight is 254 g/mol. The number of carbonyl (C=O) groups is 2. The van der Waals surface area contributed by atoms with Gasteiger partial charge >= 0.3 is 12.0 Å². The molecule has 1 aliphatic carbocycles.